The average molecular weight is 309 g/mol. The van der Waals surface area contributed by atoms with Crippen LogP contribution in [-0.4, -0.2) is 64.1 Å². The van der Waals surface area contributed by atoms with Crippen molar-refractivity contribution in [3.63, 3.8) is 0 Å². The lowest BCUT2D eigenvalue weighted by Crippen LogP contribution is -2.50. The van der Waals surface area contributed by atoms with Gasteiger partial charge in [-0.25, -0.2) is 28.8 Å². The third-order valence-corrected chi connectivity index (χ3v) is 3.61. The van der Waals surface area contributed by atoms with E-state index in [0.29, 0.717) is 26.2 Å². The molecule has 1 unspecified atom stereocenters. The van der Waals surface area contributed by atoms with Crippen molar-refractivity contribution in [2.45, 2.75) is 18.9 Å². The molecular weight excluding hydrogens is 293 g/mol. The van der Waals surface area contributed by atoms with Crippen LogP contribution >= 0.6 is 0 Å². The molecule has 1 aromatic heterocycles. The van der Waals surface area contributed by atoms with Crippen LogP contribution in [0.15, 0.2) is 12.4 Å². The maximum Gasteiger partial charge on any atom is 0.328 e. The van der Waals surface area contributed by atoms with E-state index in [1.165, 1.54) is 4.90 Å². The quantitative estimate of drug-likeness (QED) is 0.864. The first-order chi connectivity index (χ1) is 10.6. The Morgan fingerprint density at radius 3 is 2.82 bits per heavy atom. The smallest absolute Gasteiger partial charge is 0.328 e. The molecule has 3 heterocycles. The third-order valence-electron chi connectivity index (χ3n) is 3.61. The molecule has 0 bridgehead atoms. The number of likely N-dealkylation sites (tertiary alicyclic amines) is 1. The summed E-state index contributed by atoms with van der Waals surface area (Å²) in [5.74, 6) is -0.534. The fourth-order valence-corrected chi connectivity index (χ4v) is 2.54. The van der Waals surface area contributed by atoms with Crippen LogP contribution in [0, 0.1) is 5.82 Å². The van der Waals surface area contributed by atoms with Gasteiger partial charge in [-0.1, -0.05) is 0 Å². The van der Waals surface area contributed by atoms with Crippen LogP contribution in [-0.2, 0) is 0 Å². The van der Waals surface area contributed by atoms with Gasteiger partial charge in [0.05, 0.1) is 18.9 Å². The summed E-state index contributed by atoms with van der Waals surface area (Å²) in [7, 11) is 0. The van der Waals surface area contributed by atoms with Gasteiger partial charge < -0.3 is 15.0 Å². The molecule has 0 radical (unpaired) electrons. The first kappa shape index (κ1) is 14.5. The van der Waals surface area contributed by atoms with Crippen molar-refractivity contribution in [2.24, 2.45) is 0 Å². The minimum Gasteiger partial charge on any atom is -0.458 e. The molecule has 8 nitrogen and oxygen atoms in total. The van der Waals surface area contributed by atoms with Gasteiger partial charge in [0, 0.05) is 19.6 Å². The van der Waals surface area contributed by atoms with Crippen LogP contribution in [0.2, 0.25) is 0 Å². The van der Waals surface area contributed by atoms with Gasteiger partial charge in [0.1, 0.15) is 6.10 Å². The molecule has 2 saturated heterocycles. The van der Waals surface area contributed by atoms with Gasteiger partial charge in [0.2, 0.25) is 0 Å². The lowest BCUT2D eigenvalue weighted by Gasteiger charge is -2.33. The summed E-state index contributed by atoms with van der Waals surface area (Å²) in [5, 5.41) is 2.60. The summed E-state index contributed by atoms with van der Waals surface area (Å²) in [6, 6.07) is -0.599. The number of nitrogens with one attached hydrogen (secondary N) is 1. The first-order valence-electron chi connectivity index (χ1n) is 7.12. The van der Waals surface area contributed by atoms with E-state index in [4.69, 9.17) is 4.74 Å². The summed E-state index contributed by atoms with van der Waals surface area (Å²) in [6.07, 6.45) is 3.29. The molecule has 4 amide bonds. The highest BCUT2D eigenvalue weighted by molar-refractivity contribution is 5.95. The predicted octanol–water partition coefficient (Wildman–Crippen LogP) is 0.604. The summed E-state index contributed by atoms with van der Waals surface area (Å²) < 4.78 is 18.3. The number of nitrogens with zero attached hydrogens (tertiary/aromatic N) is 4. The maximum absolute atomic E-state index is 12.8. The molecule has 3 rings (SSSR count). The van der Waals surface area contributed by atoms with Gasteiger partial charge >= 0.3 is 18.1 Å². The Bertz CT molecular complexity index is 567. The molecule has 2 aliphatic rings. The topological polar surface area (TPSA) is 87.7 Å². The molecule has 1 atom stereocenters. The molecule has 0 saturated carbocycles. The Hall–Kier alpha value is -2.45. The number of aromatic nitrogens is 2. The molecule has 0 spiro atoms. The number of urea groups is 2. The van der Waals surface area contributed by atoms with Crippen molar-refractivity contribution in [2.75, 3.05) is 26.2 Å². The van der Waals surface area contributed by atoms with Crippen molar-refractivity contribution in [3.8, 4) is 6.01 Å². The van der Waals surface area contributed by atoms with Gasteiger partial charge in [0.25, 0.3) is 0 Å². The van der Waals surface area contributed by atoms with E-state index in [0.717, 1.165) is 25.2 Å². The molecule has 1 N–H and O–H groups in total. The van der Waals surface area contributed by atoms with Crippen molar-refractivity contribution < 1.29 is 18.7 Å². The number of imide groups is 1. The first-order valence-corrected chi connectivity index (χ1v) is 7.12. The summed E-state index contributed by atoms with van der Waals surface area (Å²) >= 11 is 0. The van der Waals surface area contributed by atoms with Gasteiger partial charge in [-0.15, -0.1) is 0 Å². The van der Waals surface area contributed by atoms with Crippen molar-refractivity contribution >= 4 is 12.1 Å². The fourth-order valence-electron chi connectivity index (χ4n) is 2.54. The van der Waals surface area contributed by atoms with Crippen molar-refractivity contribution in [3.05, 3.63) is 18.2 Å². The fraction of sp³-hybridized carbons (Fsp3) is 0.538. The monoisotopic (exact) mass is 309 g/mol. The zero-order valence-electron chi connectivity index (χ0n) is 11.9. The van der Waals surface area contributed by atoms with Gasteiger partial charge in [-0.3, -0.25) is 0 Å². The van der Waals surface area contributed by atoms with Crippen molar-refractivity contribution in [1.82, 2.24) is 25.1 Å². The number of carbonyl (C=O) groups is 2. The lowest BCUT2D eigenvalue weighted by molar-refractivity contribution is 0.0847. The molecule has 2 aliphatic heterocycles. The average Bonchev–Trinajstić information content (AvgIpc) is 2.95. The number of piperidine rings is 1. The zero-order valence-corrected chi connectivity index (χ0v) is 11.9. The second kappa shape index (κ2) is 6.12. The predicted molar refractivity (Wildman–Crippen MR) is 72.7 cm³/mol. The minimum absolute atomic E-state index is 0.0830. The maximum atomic E-state index is 12.8. The number of halogens is 1. The van der Waals surface area contributed by atoms with Crippen LogP contribution in [0.4, 0.5) is 14.0 Å². The van der Waals surface area contributed by atoms with E-state index >= 15 is 0 Å². The molecule has 118 valence electrons. The second-order valence-electron chi connectivity index (χ2n) is 5.18. The number of hydrogen-bond acceptors (Lipinski definition) is 5. The van der Waals surface area contributed by atoms with Crippen molar-refractivity contribution in [1.29, 1.82) is 0 Å². The van der Waals surface area contributed by atoms with Gasteiger partial charge in [-0.05, 0) is 12.8 Å². The Morgan fingerprint density at radius 1 is 1.36 bits per heavy atom. The molecular formula is C13H16FN5O3. The third kappa shape index (κ3) is 3.07. The Balaban J connectivity index is 1.60. The largest absolute Gasteiger partial charge is 0.458 e. The molecule has 0 aromatic carbocycles. The SMILES string of the molecule is O=C1NCCN1C(=O)N1CCCC(Oc2ncc(F)cn2)C1. The van der Waals surface area contributed by atoms with Gasteiger partial charge in [0.15, 0.2) is 5.82 Å². The number of carbonyl (C=O) groups excluding carboxylic acids is 2. The van der Waals surface area contributed by atoms with Crippen LogP contribution in [0.3, 0.4) is 0 Å². The van der Waals surface area contributed by atoms with E-state index in [1.54, 1.807) is 4.90 Å². The van der Waals surface area contributed by atoms with E-state index in [-0.39, 0.29) is 24.2 Å². The molecule has 0 aliphatic carbocycles. The number of ether oxygens (including phenoxy) is 1. The van der Waals surface area contributed by atoms with E-state index in [2.05, 4.69) is 15.3 Å². The van der Waals surface area contributed by atoms with E-state index < -0.39 is 5.82 Å². The zero-order chi connectivity index (χ0) is 15.5. The standard InChI is InChI=1S/C13H16FN5O3/c14-9-6-16-11(17-7-9)22-10-2-1-4-18(8-10)13(21)19-5-3-15-12(19)20/h6-7,10H,1-5,8H2,(H,15,20). The highest BCUT2D eigenvalue weighted by atomic mass is 19.1. The summed E-state index contributed by atoms with van der Waals surface area (Å²) in [5.41, 5.74) is 0. The number of hydrogen-bond donors (Lipinski definition) is 1. The molecule has 1 aromatic rings. The molecule has 22 heavy (non-hydrogen) atoms. The Kier molecular flexibility index (Phi) is 4.03. The summed E-state index contributed by atoms with van der Waals surface area (Å²) in [6.45, 7) is 1.78. The second-order valence-corrected chi connectivity index (χ2v) is 5.18. The minimum atomic E-state index is -0.534. The van der Waals surface area contributed by atoms with Crippen LogP contribution in [0.25, 0.3) is 0 Å². The Morgan fingerprint density at radius 2 is 2.14 bits per heavy atom. The highest BCUT2D eigenvalue weighted by Crippen LogP contribution is 2.17. The molecule has 9 heteroatoms. The van der Waals surface area contributed by atoms with Crippen LogP contribution in [0.1, 0.15) is 12.8 Å². The van der Waals surface area contributed by atoms with Crippen LogP contribution < -0.4 is 10.1 Å². The van der Waals surface area contributed by atoms with E-state index in [1.807, 2.05) is 0 Å². The normalized spacial score (nSPS) is 21.7. The summed E-state index contributed by atoms with van der Waals surface area (Å²) in [4.78, 5) is 34.1. The van der Waals surface area contributed by atoms with Crippen LogP contribution in [0.5, 0.6) is 6.01 Å². The van der Waals surface area contributed by atoms with E-state index in [9.17, 15) is 14.0 Å². The molecule has 2 fully saturated rings. The number of rotatable bonds is 2. The highest BCUT2D eigenvalue weighted by Gasteiger charge is 2.33. The number of amides is 4. The van der Waals surface area contributed by atoms with Gasteiger partial charge in [-0.2, -0.15) is 0 Å². The Labute approximate surface area is 126 Å². The lowest BCUT2D eigenvalue weighted by atomic mass is 10.1.